The van der Waals surface area contributed by atoms with Gasteiger partial charge < -0.3 is 24.6 Å². The van der Waals surface area contributed by atoms with Gasteiger partial charge in [0.2, 0.25) is 0 Å². The summed E-state index contributed by atoms with van der Waals surface area (Å²) in [4.78, 5) is 8.97. The van der Waals surface area contributed by atoms with Crippen LogP contribution in [0.15, 0.2) is 18.3 Å². The van der Waals surface area contributed by atoms with Gasteiger partial charge in [-0.2, -0.15) is 0 Å². The number of rotatable bonds is 5. The zero-order valence-corrected chi connectivity index (χ0v) is 14.8. The minimum atomic E-state index is -1.12. The van der Waals surface area contributed by atoms with Crippen molar-refractivity contribution in [3.63, 3.8) is 0 Å². The van der Waals surface area contributed by atoms with Gasteiger partial charge in [0.05, 0.1) is 11.2 Å². The lowest BCUT2D eigenvalue weighted by atomic mass is 9.77. The third-order valence-electron chi connectivity index (χ3n) is 4.76. The Bertz CT molecular complexity index is 508. The van der Waals surface area contributed by atoms with Crippen molar-refractivity contribution in [1.29, 1.82) is 0 Å². The number of pyridine rings is 1. The van der Waals surface area contributed by atoms with Gasteiger partial charge >= 0.3 is 7.12 Å². The molecule has 2 N–H and O–H groups in total. The molecule has 7 heteroatoms. The van der Waals surface area contributed by atoms with Gasteiger partial charge in [-0.05, 0) is 40.8 Å². The van der Waals surface area contributed by atoms with E-state index in [0.29, 0.717) is 5.46 Å². The van der Waals surface area contributed by atoms with Crippen LogP contribution in [0.3, 0.4) is 0 Å². The maximum absolute atomic E-state index is 10.3. The summed E-state index contributed by atoms with van der Waals surface area (Å²) in [6.07, 6.45) is 1.64. The Balaban J connectivity index is 2.02. The molecule has 0 bridgehead atoms. The van der Waals surface area contributed by atoms with Crippen molar-refractivity contribution < 1.29 is 14.8 Å². The molecule has 1 aliphatic rings. The van der Waals surface area contributed by atoms with Gasteiger partial charge in [-0.3, -0.25) is 0 Å². The number of aromatic nitrogens is 1. The predicted octanol–water partition coefficient (Wildman–Crippen LogP) is 0.0870. The van der Waals surface area contributed by atoms with Crippen LogP contribution in [0.25, 0.3) is 0 Å². The van der Waals surface area contributed by atoms with Crippen LogP contribution in [0.1, 0.15) is 27.7 Å². The molecule has 0 unspecified atom stereocenters. The summed E-state index contributed by atoms with van der Waals surface area (Å²) in [5.41, 5.74) is -1.37. The molecule has 1 aromatic rings. The van der Waals surface area contributed by atoms with E-state index < -0.39 is 18.3 Å². The van der Waals surface area contributed by atoms with Crippen LogP contribution < -0.4 is 10.4 Å². The highest BCUT2D eigenvalue weighted by molar-refractivity contribution is 6.60. The average Bonchev–Trinajstić information content (AvgIpc) is 2.46. The molecule has 0 atom stereocenters. The third kappa shape index (κ3) is 4.44. The molecule has 0 aliphatic carbocycles. The van der Waals surface area contributed by atoms with E-state index in [1.165, 1.54) is 0 Å². The van der Waals surface area contributed by atoms with Crippen LogP contribution in [0.4, 0.5) is 5.82 Å². The topological polar surface area (TPSA) is 69.1 Å². The van der Waals surface area contributed by atoms with Gasteiger partial charge in [0.1, 0.15) is 5.82 Å². The smallest absolute Gasteiger partial charge is 0.423 e. The van der Waals surface area contributed by atoms with E-state index in [1.807, 2.05) is 12.1 Å². The van der Waals surface area contributed by atoms with Crippen molar-refractivity contribution in [2.24, 2.45) is 0 Å². The van der Waals surface area contributed by atoms with Crippen molar-refractivity contribution in [1.82, 2.24) is 9.88 Å². The molecule has 1 aliphatic heterocycles. The van der Waals surface area contributed by atoms with Crippen molar-refractivity contribution in [2.75, 3.05) is 38.1 Å². The molecule has 0 saturated carbocycles. The number of hydrogen-bond acceptors (Lipinski definition) is 6. The van der Waals surface area contributed by atoms with Gasteiger partial charge in [-0.1, -0.05) is 6.07 Å². The van der Waals surface area contributed by atoms with Crippen molar-refractivity contribution in [3.8, 4) is 0 Å². The molecule has 0 amide bonds. The molecule has 2 heterocycles. The monoisotopic (exact) mass is 321 g/mol. The lowest BCUT2D eigenvalue weighted by Gasteiger charge is -2.38. The molecule has 0 spiro atoms. The first kappa shape index (κ1) is 18.2. The van der Waals surface area contributed by atoms with Crippen LogP contribution in [-0.2, 0) is 4.65 Å². The van der Waals surface area contributed by atoms with Crippen LogP contribution in [0, 0.1) is 0 Å². The van der Waals surface area contributed by atoms with Crippen molar-refractivity contribution >= 4 is 18.4 Å². The number of anilines is 1. The highest BCUT2D eigenvalue weighted by Gasteiger charge is 2.39. The highest BCUT2D eigenvalue weighted by atomic mass is 16.5. The number of aliphatic hydroxyl groups is 1. The Morgan fingerprint density at radius 2 is 1.74 bits per heavy atom. The van der Waals surface area contributed by atoms with Gasteiger partial charge in [0.15, 0.2) is 0 Å². The molecule has 6 nitrogen and oxygen atoms in total. The van der Waals surface area contributed by atoms with Gasteiger partial charge in [0.25, 0.3) is 0 Å². The fourth-order valence-corrected chi connectivity index (χ4v) is 2.26. The maximum atomic E-state index is 10.3. The fourth-order valence-electron chi connectivity index (χ4n) is 2.26. The minimum Gasteiger partial charge on any atom is -0.423 e. The second kappa shape index (κ2) is 6.77. The molecule has 2 rings (SSSR count). The molecule has 23 heavy (non-hydrogen) atoms. The summed E-state index contributed by atoms with van der Waals surface area (Å²) >= 11 is 0. The lowest BCUT2D eigenvalue weighted by molar-refractivity contribution is -0.0982. The molecule has 128 valence electrons. The third-order valence-corrected chi connectivity index (χ3v) is 4.76. The first-order chi connectivity index (χ1) is 10.6. The SMILES string of the molecule is CN1CCN(c2ccc(B(O)OC(C)(C)C(C)(C)O)cn2)CC1. The number of nitrogens with zero attached hydrogens (tertiary/aromatic N) is 3. The van der Waals surface area contributed by atoms with E-state index in [4.69, 9.17) is 4.65 Å². The zero-order chi connectivity index (χ0) is 17.3. The maximum Gasteiger partial charge on any atom is 0.493 e. The molecule has 1 saturated heterocycles. The van der Waals surface area contributed by atoms with Crippen molar-refractivity contribution in [3.05, 3.63) is 18.3 Å². The Hall–Kier alpha value is -1.15. The number of likely N-dealkylation sites (N-methyl/N-ethyl adjacent to an activating group) is 1. The normalized spacial score (nSPS) is 17.4. The summed E-state index contributed by atoms with van der Waals surface area (Å²) in [6, 6.07) is 3.73. The highest BCUT2D eigenvalue weighted by Crippen LogP contribution is 2.25. The van der Waals surface area contributed by atoms with E-state index >= 15 is 0 Å². The van der Waals surface area contributed by atoms with Gasteiger partial charge in [-0.25, -0.2) is 4.98 Å². The van der Waals surface area contributed by atoms with Gasteiger partial charge in [0, 0.05) is 37.8 Å². The molecule has 1 fully saturated rings. The van der Waals surface area contributed by atoms with Gasteiger partial charge in [-0.15, -0.1) is 0 Å². The van der Waals surface area contributed by atoms with Crippen LogP contribution in [0.5, 0.6) is 0 Å². The van der Waals surface area contributed by atoms with E-state index in [-0.39, 0.29) is 0 Å². The summed E-state index contributed by atoms with van der Waals surface area (Å²) in [6.45, 7) is 10.8. The number of hydrogen-bond donors (Lipinski definition) is 2. The second-order valence-electron chi connectivity index (χ2n) is 7.28. The Labute approximate surface area is 139 Å². The summed E-state index contributed by atoms with van der Waals surface area (Å²) in [5.74, 6) is 0.913. The second-order valence-corrected chi connectivity index (χ2v) is 7.28. The lowest BCUT2D eigenvalue weighted by Crippen LogP contribution is -2.53. The average molecular weight is 321 g/mol. The standard InChI is InChI=1S/C16H28BN3O3/c1-15(2,21)16(3,4)23-17(22)13-6-7-14(18-12-13)20-10-8-19(5)9-11-20/h6-7,12,21-22H,8-11H2,1-5H3. The van der Waals surface area contributed by atoms with Crippen molar-refractivity contribution in [2.45, 2.75) is 38.9 Å². The predicted molar refractivity (Wildman–Crippen MR) is 93.0 cm³/mol. The Morgan fingerprint density at radius 1 is 1.13 bits per heavy atom. The first-order valence-electron chi connectivity index (χ1n) is 8.08. The van der Waals surface area contributed by atoms with E-state index in [1.54, 1.807) is 33.9 Å². The molecular formula is C16H28BN3O3. The number of piperazine rings is 1. The van der Waals surface area contributed by atoms with Crippen LogP contribution in [-0.4, -0.2) is 71.6 Å². The quantitative estimate of drug-likeness (QED) is 0.749. The molecule has 0 aromatic carbocycles. The molecular weight excluding hydrogens is 293 g/mol. The van der Waals surface area contributed by atoms with E-state index in [9.17, 15) is 10.1 Å². The zero-order valence-electron chi connectivity index (χ0n) is 14.8. The molecule has 1 aromatic heterocycles. The van der Waals surface area contributed by atoms with E-state index in [2.05, 4.69) is 21.8 Å². The Kier molecular flexibility index (Phi) is 5.35. The van der Waals surface area contributed by atoms with Crippen LogP contribution >= 0.6 is 0 Å². The van der Waals surface area contributed by atoms with Crippen LogP contribution in [0.2, 0.25) is 0 Å². The first-order valence-corrected chi connectivity index (χ1v) is 8.08. The largest absolute Gasteiger partial charge is 0.493 e. The van der Waals surface area contributed by atoms with E-state index in [0.717, 1.165) is 32.0 Å². The fraction of sp³-hybridized carbons (Fsp3) is 0.688. The molecule has 0 radical (unpaired) electrons. The summed E-state index contributed by atoms with van der Waals surface area (Å²) in [5, 5.41) is 20.4. The summed E-state index contributed by atoms with van der Waals surface area (Å²) < 4.78 is 5.63. The minimum absolute atomic E-state index is 0.584. The Morgan fingerprint density at radius 3 is 2.22 bits per heavy atom. The summed E-state index contributed by atoms with van der Waals surface area (Å²) in [7, 11) is 0.997.